The van der Waals surface area contributed by atoms with Crippen molar-refractivity contribution in [3.05, 3.63) is 10.6 Å². The highest BCUT2D eigenvalue weighted by molar-refractivity contribution is 7.17. The number of carbonyl (C=O) groups excluding carboxylic acids is 1. The molecule has 0 bridgehead atoms. The molecule has 1 rings (SSSR count). The Bertz CT molecular complexity index is 449. The number of carbonyl (C=O) groups is 1. The Hall–Kier alpha value is -1.35. The average molecular weight is 312 g/mol. The fourth-order valence-corrected chi connectivity index (χ4v) is 2.02. The molecule has 0 amide bonds. The van der Waals surface area contributed by atoms with E-state index in [4.69, 9.17) is 15.2 Å². The van der Waals surface area contributed by atoms with Crippen molar-refractivity contribution in [3.63, 3.8) is 0 Å². The largest absolute Gasteiger partial charge is 0.459 e. The predicted octanol–water partition coefficient (Wildman–Crippen LogP) is 2.72. The fraction of sp³-hybridized carbons (Fsp3) is 0.636. The number of halogens is 3. The number of alkyl halides is 3. The number of esters is 1. The molecule has 0 radical (unpaired) electrons. The van der Waals surface area contributed by atoms with Crippen LogP contribution in [0.4, 0.5) is 18.3 Å². The van der Waals surface area contributed by atoms with E-state index in [-0.39, 0.29) is 18.3 Å². The fourth-order valence-electron chi connectivity index (χ4n) is 1.27. The van der Waals surface area contributed by atoms with Crippen LogP contribution < -0.4 is 5.73 Å². The van der Waals surface area contributed by atoms with Gasteiger partial charge in [-0.15, -0.1) is 0 Å². The second-order valence-corrected chi connectivity index (χ2v) is 4.86. The normalized spacial score (nSPS) is 11.6. The minimum absolute atomic E-state index is 0.113. The van der Waals surface area contributed by atoms with Crippen molar-refractivity contribution < 1.29 is 27.4 Å². The zero-order chi connectivity index (χ0) is 15.2. The number of hydrogen-bond acceptors (Lipinski definition) is 6. The van der Waals surface area contributed by atoms with Crippen molar-refractivity contribution in [3.8, 4) is 0 Å². The third-order valence-corrected chi connectivity index (χ3v) is 3.07. The van der Waals surface area contributed by atoms with Crippen LogP contribution in [0.5, 0.6) is 0 Å². The molecule has 1 aromatic rings. The number of unbranched alkanes of at least 4 members (excludes halogenated alkanes) is 1. The highest BCUT2D eigenvalue weighted by Gasteiger charge is 2.39. The van der Waals surface area contributed by atoms with Gasteiger partial charge in [-0.1, -0.05) is 24.7 Å². The lowest BCUT2D eigenvalue weighted by molar-refractivity contribution is -0.141. The van der Waals surface area contributed by atoms with E-state index in [0.29, 0.717) is 17.9 Å². The van der Waals surface area contributed by atoms with Crippen LogP contribution in [0.3, 0.4) is 0 Å². The SMILES string of the molecule is CCCCOCCOC(=O)c1sc(N)nc1C(F)(F)F. The number of nitrogens with two attached hydrogens (primary N) is 1. The van der Waals surface area contributed by atoms with Crippen LogP contribution in [0.25, 0.3) is 0 Å². The molecular formula is C11H15F3N2O3S. The van der Waals surface area contributed by atoms with E-state index in [0.717, 1.165) is 12.8 Å². The van der Waals surface area contributed by atoms with E-state index in [9.17, 15) is 18.0 Å². The first-order valence-electron chi connectivity index (χ1n) is 5.94. The lowest BCUT2D eigenvalue weighted by atomic mass is 10.3. The summed E-state index contributed by atoms with van der Waals surface area (Å²) in [7, 11) is 0. The van der Waals surface area contributed by atoms with Crippen molar-refractivity contribution in [1.82, 2.24) is 4.98 Å². The minimum Gasteiger partial charge on any atom is -0.459 e. The zero-order valence-corrected chi connectivity index (χ0v) is 11.6. The number of anilines is 1. The van der Waals surface area contributed by atoms with Gasteiger partial charge in [0.1, 0.15) is 11.5 Å². The first kappa shape index (κ1) is 16.7. The number of ether oxygens (including phenoxy) is 2. The summed E-state index contributed by atoms with van der Waals surface area (Å²) >= 11 is 0.453. The Balaban J connectivity index is 2.52. The maximum Gasteiger partial charge on any atom is 0.435 e. The third kappa shape index (κ3) is 4.97. The smallest absolute Gasteiger partial charge is 0.435 e. The maximum atomic E-state index is 12.6. The summed E-state index contributed by atoms with van der Waals surface area (Å²) in [6.45, 7) is 2.55. The van der Waals surface area contributed by atoms with E-state index in [1.807, 2.05) is 6.92 Å². The van der Waals surface area contributed by atoms with Crippen molar-refractivity contribution in [1.29, 1.82) is 0 Å². The average Bonchev–Trinajstić information content (AvgIpc) is 2.75. The quantitative estimate of drug-likeness (QED) is 0.619. The molecule has 20 heavy (non-hydrogen) atoms. The molecule has 0 aliphatic rings. The molecule has 0 spiro atoms. The molecule has 114 valence electrons. The van der Waals surface area contributed by atoms with Gasteiger partial charge in [0.2, 0.25) is 0 Å². The Morgan fingerprint density at radius 3 is 2.65 bits per heavy atom. The zero-order valence-electron chi connectivity index (χ0n) is 10.8. The standard InChI is InChI=1S/C11H15F3N2O3S/c1-2-3-4-18-5-6-19-9(17)7-8(11(12,13)14)16-10(15)20-7/h2-6H2,1H3,(H2,15,16). The highest BCUT2D eigenvalue weighted by atomic mass is 32.1. The Morgan fingerprint density at radius 1 is 1.35 bits per heavy atom. The molecule has 0 fully saturated rings. The molecule has 0 aromatic carbocycles. The molecular weight excluding hydrogens is 297 g/mol. The summed E-state index contributed by atoms with van der Waals surface area (Å²) in [5.74, 6) is -1.09. The molecule has 9 heteroatoms. The number of thiazole rings is 1. The second-order valence-electron chi connectivity index (χ2n) is 3.83. The van der Waals surface area contributed by atoms with Crippen molar-refractivity contribution >= 4 is 22.4 Å². The van der Waals surface area contributed by atoms with Crippen molar-refractivity contribution in [2.75, 3.05) is 25.6 Å². The second kappa shape index (κ2) is 7.44. The van der Waals surface area contributed by atoms with Crippen LogP contribution in [0.1, 0.15) is 35.1 Å². The molecule has 2 N–H and O–H groups in total. The molecule has 0 saturated carbocycles. The van der Waals surface area contributed by atoms with E-state index >= 15 is 0 Å². The Kier molecular flexibility index (Phi) is 6.21. The predicted molar refractivity (Wildman–Crippen MR) is 67.5 cm³/mol. The first-order chi connectivity index (χ1) is 9.36. The Morgan fingerprint density at radius 2 is 2.05 bits per heavy atom. The molecule has 0 atom stereocenters. The summed E-state index contributed by atoms with van der Waals surface area (Å²) < 4.78 is 47.7. The highest BCUT2D eigenvalue weighted by Crippen LogP contribution is 2.35. The van der Waals surface area contributed by atoms with Gasteiger partial charge in [-0.3, -0.25) is 0 Å². The summed E-state index contributed by atoms with van der Waals surface area (Å²) in [6, 6.07) is 0. The molecule has 1 heterocycles. The van der Waals surface area contributed by atoms with Crippen LogP contribution in [0.15, 0.2) is 0 Å². The Labute approximate surface area is 117 Å². The van der Waals surface area contributed by atoms with Gasteiger partial charge >= 0.3 is 12.1 Å². The van der Waals surface area contributed by atoms with Crippen molar-refractivity contribution in [2.45, 2.75) is 25.9 Å². The van der Waals surface area contributed by atoms with Crippen LogP contribution in [-0.4, -0.2) is 30.8 Å². The number of nitrogens with zero attached hydrogens (tertiary/aromatic N) is 1. The number of rotatable bonds is 7. The monoisotopic (exact) mass is 312 g/mol. The third-order valence-electron chi connectivity index (χ3n) is 2.20. The van der Waals surface area contributed by atoms with Gasteiger partial charge in [0.25, 0.3) is 0 Å². The van der Waals surface area contributed by atoms with E-state index in [2.05, 4.69) is 4.98 Å². The summed E-state index contributed by atoms with van der Waals surface area (Å²) in [4.78, 5) is 14.0. The van der Waals surface area contributed by atoms with Crippen LogP contribution in [-0.2, 0) is 15.7 Å². The van der Waals surface area contributed by atoms with E-state index in [1.165, 1.54) is 0 Å². The van der Waals surface area contributed by atoms with Gasteiger partial charge in [0.05, 0.1) is 6.61 Å². The van der Waals surface area contributed by atoms with Gasteiger partial charge in [0.15, 0.2) is 10.8 Å². The van der Waals surface area contributed by atoms with Crippen LogP contribution in [0.2, 0.25) is 0 Å². The van der Waals surface area contributed by atoms with Gasteiger partial charge < -0.3 is 15.2 Å². The maximum absolute atomic E-state index is 12.6. The summed E-state index contributed by atoms with van der Waals surface area (Å²) in [5, 5.41) is -0.330. The minimum atomic E-state index is -4.74. The molecule has 0 saturated heterocycles. The van der Waals surface area contributed by atoms with Crippen molar-refractivity contribution in [2.24, 2.45) is 0 Å². The van der Waals surface area contributed by atoms with Gasteiger partial charge in [-0.2, -0.15) is 13.2 Å². The number of aromatic nitrogens is 1. The molecule has 5 nitrogen and oxygen atoms in total. The van der Waals surface area contributed by atoms with Crippen LogP contribution >= 0.6 is 11.3 Å². The van der Waals surface area contributed by atoms with E-state index in [1.54, 1.807) is 0 Å². The molecule has 0 aliphatic heterocycles. The van der Waals surface area contributed by atoms with E-state index < -0.39 is 22.7 Å². The first-order valence-corrected chi connectivity index (χ1v) is 6.76. The summed E-state index contributed by atoms with van der Waals surface area (Å²) in [6.07, 6.45) is -2.90. The topological polar surface area (TPSA) is 74.4 Å². The molecule has 0 aliphatic carbocycles. The molecule has 0 unspecified atom stereocenters. The molecule has 1 aromatic heterocycles. The number of hydrogen-bond donors (Lipinski definition) is 1. The summed E-state index contributed by atoms with van der Waals surface area (Å²) in [5.41, 5.74) is 3.89. The van der Waals surface area contributed by atoms with Gasteiger partial charge in [-0.05, 0) is 6.42 Å². The number of nitrogen functional groups attached to an aromatic ring is 1. The lowest BCUT2D eigenvalue weighted by Crippen LogP contribution is -2.15. The van der Waals surface area contributed by atoms with Crippen LogP contribution in [0, 0.1) is 0 Å². The lowest BCUT2D eigenvalue weighted by Gasteiger charge is -2.07. The van der Waals surface area contributed by atoms with Gasteiger partial charge in [0, 0.05) is 6.61 Å². The van der Waals surface area contributed by atoms with Gasteiger partial charge in [-0.25, -0.2) is 9.78 Å².